The second-order valence-electron chi connectivity index (χ2n) is 3.07. The smallest absolute Gasteiger partial charge is 0.381 e. The number of rotatable bonds is 2. The van der Waals surface area contributed by atoms with Gasteiger partial charge in [-0.2, -0.15) is 22.0 Å². The van der Waals surface area contributed by atoms with Gasteiger partial charge >= 0.3 is 11.0 Å². The number of aliphatic hydroxyl groups excluding tert-OH is 1. The van der Waals surface area contributed by atoms with Gasteiger partial charge in [0.25, 0.3) is 0 Å². The van der Waals surface area contributed by atoms with E-state index in [1.807, 2.05) is 15.9 Å². The Morgan fingerprint density at radius 2 is 1.69 bits per heavy atom. The third kappa shape index (κ3) is 3.15. The normalized spacial score (nSPS) is 14.9. The lowest BCUT2D eigenvalue weighted by Gasteiger charge is -2.17. The molecule has 1 atom stereocenters. The molecule has 90 valence electrons. The lowest BCUT2D eigenvalue weighted by Crippen LogP contribution is -2.19. The van der Waals surface area contributed by atoms with E-state index in [-0.39, 0.29) is 0 Å². The van der Waals surface area contributed by atoms with E-state index >= 15 is 0 Å². The Labute approximate surface area is 96.0 Å². The molecule has 0 radical (unpaired) electrons. The van der Waals surface area contributed by atoms with E-state index in [1.165, 1.54) is 0 Å². The quantitative estimate of drug-likeness (QED) is 0.652. The van der Waals surface area contributed by atoms with Gasteiger partial charge in [-0.3, -0.25) is 0 Å². The summed E-state index contributed by atoms with van der Waals surface area (Å²) >= 11 is 1.89. The van der Waals surface area contributed by atoms with Gasteiger partial charge < -0.3 is 5.11 Å². The topological polar surface area (TPSA) is 20.2 Å². The van der Waals surface area contributed by atoms with Crippen LogP contribution in [0, 0.1) is 0 Å². The van der Waals surface area contributed by atoms with Gasteiger partial charge in [0.1, 0.15) is 0 Å². The van der Waals surface area contributed by atoms with E-state index in [9.17, 15) is 22.0 Å². The standard InChI is InChI=1S/C9H6BrF5O/c10-8(11,12)7(16)5-2-1-3-6(4-5)9(13,14)15/h1-4,7,16H. The Morgan fingerprint density at radius 1 is 1.12 bits per heavy atom. The van der Waals surface area contributed by atoms with Crippen molar-refractivity contribution < 1.29 is 27.1 Å². The van der Waals surface area contributed by atoms with Crippen molar-refractivity contribution in [3.05, 3.63) is 35.4 Å². The number of alkyl halides is 6. The molecule has 7 heteroatoms. The molecule has 0 aromatic heterocycles. The van der Waals surface area contributed by atoms with Crippen LogP contribution in [0.5, 0.6) is 0 Å². The van der Waals surface area contributed by atoms with Crippen molar-refractivity contribution in [3.63, 3.8) is 0 Å². The molecule has 1 rings (SSSR count). The predicted molar refractivity (Wildman–Crippen MR) is 50.3 cm³/mol. The molecule has 0 aliphatic carbocycles. The Kier molecular flexibility index (Phi) is 3.59. The molecule has 0 aliphatic rings. The molecule has 0 saturated carbocycles. The maximum absolute atomic E-state index is 12.6. The first kappa shape index (κ1) is 13.4. The number of hydrogen-bond acceptors (Lipinski definition) is 1. The van der Waals surface area contributed by atoms with Crippen LogP contribution in [0.25, 0.3) is 0 Å². The highest BCUT2D eigenvalue weighted by atomic mass is 79.9. The first-order valence-corrected chi connectivity index (χ1v) is 4.83. The number of hydrogen-bond donors (Lipinski definition) is 1. The van der Waals surface area contributed by atoms with E-state index in [1.54, 1.807) is 0 Å². The zero-order valence-corrected chi connectivity index (χ0v) is 9.19. The van der Waals surface area contributed by atoms with E-state index in [0.717, 1.165) is 18.2 Å². The molecule has 0 fully saturated rings. The predicted octanol–water partition coefficient (Wildman–Crippen LogP) is 3.73. The van der Waals surface area contributed by atoms with E-state index in [0.29, 0.717) is 6.07 Å². The molecule has 0 spiro atoms. The van der Waals surface area contributed by atoms with Gasteiger partial charge in [-0.15, -0.1) is 0 Å². The van der Waals surface area contributed by atoms with Crippen LogP contribution in [0.2, 0.25) is 0 Å². The molecule has 0 bridgehead atoms. The van der Waals surface area contributed by atoms with Crippen LogP contribution in [-0.2, 0) is 6.18 Å². The largest absolute Gasteiger partial charge is 0.416 e. The summed E-state index contributed by atoms with van der Waals surface area (Å²) in [6.45, 7) is 0. The van der Waals surface area contributed by atoms with Crippen molar-refractivity contribution in [3.8, 4) is 0 Å². The van der Waals surface area contributed by atoms with Crippen LogP contribution in [0.4, 0.5) is 22.0 Å². The zero-order chi connectivity index (χ0) is 12.6. The van der Waals surface area contributed by atoms with Crippen molar-refractivity contribution in [2.45, 2.75) is 17.1 Å². The highest BCUT2D eigenvalue weighted by Gasteiger charge is 2.38. The molecular weight excluding hydrogens is 299 g/mol. The summed E-state index contributed by atoms with van der Waals surface area (Å²) < 4.78 is 62.0. The number of halogens is 6. The summed E-state index contributed by atoms with van der Waals surface area (Å²) in [5.41, 5.74) is -1.59. The van der Waals surface area contributed by atoms with Crippen molar-refractivity contribution in [2.24, 2.45) is 0 Å². The fraction of sp³-hybridized carbons (Fsp3) is 0.333. The number of benzene rings is 1. The van der Waals surface area contributed by atoms with Gasteiger partial charge in [0.15, 0.2) is 6.10 Å². The molecule has 0 saturated heterocycles. The highest BCUT2D eigenvalue weighted by Crippen LogP contribution is 2.38. The first-order valence-electron chi connectivity index (χ1n) is 4.04. The van der Waals surface area contributed by atoms with Gasteiger partial charge in [-0.1, -0.05) is 12.1 Å². The fourth-order valence-corrected chi connectivity index (χ4v) is 1.34. The lowest BCUT2D eigenvalue weighted by atomic mass is 10.1. The average molecular weight is 305 g/mol. The van der Waals surface area contributed by atoms with E-state index in [4.69, 9.17) is 5.11 Å². The minimum Gasteiger partial charge on any atom is -0.381 e. The first-order chi connectivity index (χ1) is 7.12. The van der Waals surface area contributed by atoms with Crippen LogP contribution in [0.1, 0.15) is 17.2 Å². The molecule has 0 aliphatic heterocycles. The maximum atomic E-state index is 12.6. The van der Waals surface area contributed by atoms with E-state index in [2.05, 4.69) is 0 Å². The Morgan fingerprint density at radius 3 is 2.12 bits per heavy atom. The SMILES string of the molecule is OC(c1cccc(C(F)(F)F)c1)C(F)(F)Br. The van der Waals surface area contributed by atoms with Crippen molar-refractivity contribution in [2.75, 3.05) is 0 Å². The minimum atomic E-state index is -4.63. The average Bonchev–Trinajstić information content (AvgIpc) is 2.14. The Hall–Kier alpha value is -0.690. The molecule has 0 heterocycles. The van der Waals surface area contributed by atoms with Gasteiger partial charge in [0, 0.05) is 0 Å². The third-order valence-corrected chi connectivity index (χ3v) is 2.27. The molecular formula is C9H6BrF5O. The maximum Gasteiger partial charge on any atom is 0.416 e. The fourth-order valence-electron chi connectivity index (χ4n) is 1.07. The van der Waals surface area contributed by atoms with Crippen LogP contribution in [0.15, 0.2) is 24.3 Å². The second kappa shape index (κ2) is 4.29. The lowest BCUT2D eigenvalue weighted by molar-refractivity contribution is -0.137. The van der Waals surface area contributed by atoms with Gasteiger partial charge in [0.2, 0.25) is 0 Å². The monoisotopic (exact) mass is 304 g/mol. The highest BCUT2D eigenvalue weighted by molar-refractivity contribution is 9.10. The van der Waals surface area contributed by atoms with Crippen molar-refractivity contribution in [1.29, 1.82) is 0 Å². The summed E-state index contributed by atoms with van der Waals surface area (Å²) in [6.07, 6.45) is -6.95. The van der Waals surface area contributed by atoms with Gasteiger partial charge in [-0.25, -0.2) is 0 Å². The summed E-state index contributed by atoms with van der Waals surface area (Å²) in [6, 6.07) is 3.18. The minimum absolute atomic E-state index is 0.486. The summed E-state index contributed by atoms with van der Waals surface area (Å²) in [5.74, 6) is 0. The van der Waals surface area contributed by atoms with Crippen molar-refractivity contribution in [1.82, 2.24) is 0 Å². The van der Waals surface area contributed by atoms with Gasteiger partial charge in [-0.05, 0) is 33.6 Å². The summed E-state index contributed by atoms with van der Waals surface area (Å²) in [7, 11) is 0. The van der Waals surface area contributed by atoms with Crippen LogP contribution in [0.3, 0.4) is 0 Å². The molecule has 1 aromatic carbocycles. The molecule has 0 amide bonds. The third-order valence-electron chi connectivity index (χ3n) is 1.84. The Bertz CT molecular complexity index is 371. The molecule has 16 heavy (non-hydrogen) atoms. The van der Waals surface area contributed by atoms with Crippen LogP contribution >= 0.6 is 15.9 Å². The summed E-state index contributed by atoms with van der Waals surface area (Å²) in [4.78, 5) is -3.67. The van der Waals surface area contributed by atoms with Crippen LogP contribution in [-0.4, -0.2) is 9.94 Å². The van der Waals surface area contributed by atoms with Gasteiger partial charge in [0.05, 0.1) is 5.56 Å². The van der Waals surface area contributed by atoms with Crippen molar-refractivity contribution >= 4 is 15.9 Å². The molecule has 1 nitrogen and oxygen atoms in total. The van der Waals surface area contributed by atoms with Crippen LogP contribution < -0.4 is 0 Å². The number of aliphatic hydroxyl groups is 1. The molecule has 1 unspecified atom stereocenters. The zero-order valence-electron chi connectivity index (χ0n) is 7.60. The Balaban J connectivity index is 3.09. The summed E-state index contributed by atoms with van der Waals surface area (Å²) in [5, 5.41) is 9.08. The van der Waals surface area contributed by atoms with E-state index < -0.39 is 28.2 Å². The second-order valence-corrected chi connectivity index (χ2v) is 4.12. The molecule has 1 N–H and O–H groups in total. The molecule has 1 aromatic rings.